The molecule has 1 aromatic rings. The number of fused-ring (bicyclic) bond motifs is 1. The third-order valence-corrected chi connectivity index (χ3v) is 1.85. The molecule has 1 heterocycles. The van der Waals surface area contributed by atoms with E-state index < -0.39 is 0 Å². The predicted octanol–water partition coefficient (Wildman–Crippen LogP) is 0.786. The number of rotatable bonds is 0. The number of hydrogen-bond donors (Lipinski definition) is 0. The van der Waals surface area contributed by atoms with E-state index in [9.17, 15) is 0 Å². The average Bonchev–Trinajstić information content (AvgIpc) is 2.06. The van der Waals surface area contributed by atoms with Gasteiger partial charge in [-0.25, -0.2) is 0 Å². The number of nitrogens with zero attached hydrogens (tertiary/aromatic N) is 1. The Morgan fingerprint density at radius 3 is 3.09 bits per heavy atom. The summed E-state index contributed by atoms with van der Waals surface area (Å²) >= 11 is 0. The Labute approximate surface area is 65.4 Å². The van der Waals surface area contributed by atoms with Gasteiger partial charge in [0.2, 0.25) is 0 Å². The molecule has 0 bridgehead atoms. The van der Waals surface area contributed by atoms with Crippen LogP contribution < -0.4 is 10.6 Å². The lowest BCUT2D eigenvalue weighted by Gasteiger charge is -2.00. The molecule has 0 atom stereocenters. The maximum Gasteiger partial charge on any atom is 0.0730 e. The van der Waals surface area contributed by atoms with E-state index in [0.717, 1.165) is 17.0 Å². The standard InChI is InChI=1S/C10H9N/c1-8-4-2-5-9-6-3-7-11-10(8)9/h2-5,7H,1,6H2. The fourth-order valence-electron chi connectivity index (χ4n) is 1.28. The highest BCUT2D eigenvalue weighted by Crippen LogP contribution is 1.95. The lowest BCUT2D eigenvalue weighted by molar-refractivity contribution is 1.11. The van der Waals surface area contributed by atoms with E-state index in [-0.39, 0.29) is 0 Å². The molecule has 0 N–H and O–H groups in total. The van der Waals surface area contributed by atoms with Crippen molar-refractivity contribution in [1.29, 1.82) is 0 Å². The quantitative estimate of drug-likeness (QED) is 0.509. The predicted molar refractivity (Wildman–Crippen MR) is 45.6 cm³/mol. The van der Waals surface area contributed by atoms with E-state index in [2.05, 4.69) is 23.7 Å². The number of allylic oxidation sites excluding steroid dienone is 1. The van der Waals surface area contributed by atoms with Crippen LogP contribution in [0.4, 0.5) is 0 Å². The van der Waals surface area contributed by atoms with Gasteiger partial charge in [-0.2, -0.15) is 0 Å². The summed E-state index contributed by atoms with van der Waals surface area (Å²) in [5, 5.41) is 2.07. The van der Waals surface area contributed by atoms with Gasteiger partial charge in [0.1, 0.15) is 0 Å². The zero-order valence-corrected chi connectivity index (χ0v) is 6.25. The van der Waals surface area contributed by atoms with Crippen LogP contribution in [0.15, 0.2) is 35.5 Å². The summed E-state index contributed by atoms with van der Waals surface area (Å²) in [4.78, 5) is 4.25. The molecule has 0 saturated heterocycles. The van der Waals surface area contributed by atoms with E-state index in [0.29, 0.717) is 0 Å². The minimum absolute atomic E-state index is 0.988. The van der Waals surface area contributed by atoms with Crippen molar-refractivity contribution in [2.24, 2.45) is 4.99 Å². The van der Waals surface area contributed by atoms with Gasteiger partial charge in [-0.3, -0.25) is 4.99 Å². The van der Waals surface area contributed by atoms with Crippen molar-refractivity contribution >= 4 is 6.58 Å². The van der Waals surface area contributed by atoms with Crippen LogP contribution in [-0.4, -0.2) is 0 Å². The SMILES string of the molecule is C=c1cccc2c1=NC=CC2. The molecule has 0 saturated carbocycles. The van der Waals surface area contributed by atoms with Gasteiger partial charge >= 0.3 is 0 Å². The highest BCUT2D eigenvalue weighted by atomic mass is 14.7. The van der Waals surface area contributed by atoms with Crippen molar-refractivity contribution < 1.29 is 0 Å². The molecule has 1 heteroatoms. The highest BCUT2D eigenvalue weighted by Gasteiger charge is 1.96. The van der Waals surface area contributed by atoms with E-state index in [1.165, 1.54) is 5.56 Å². The van der Waals surface area contributed by atoms with E-state index in [4.69, 9.17) is 0 Å². The summed E-state index contributed by atoms with van der Waals surface area (Å²) in [7, 11) is 0. The van der Waals surface area contributed by atoms with E-state index >= 15 is 0 Å². The van der Waals surface area contributed by atoms with Gasteiger partial charge in [0.25, 0.3) is 0 Å². The lowest BCUT2D eigenvalue weighted by Crippen LogP contribution is -2.27. The number of benzene rings is 1. The molecule has 1 aromatic carbocycles. The molecule has 11 heavy (non-hydrogen) atoms. The van der Waals surface area contributed by atoms with E-state index in [1.54, 1.807) is 0 Å². The smallest absolute Gasteiger partial charge is 0.0730 e. The van der Waals surface area contributed by atoms with Crippen LogP contribution in [0.5, 0.6) is 0 Å². The maximum absolute atomic E-state index is 4.25. The van der Waals surface area contributed by atoms with Gasteiger partial charge in [0, 0.05) is 6.20 Å². The summed E-state index contributed by atoms with van der Waals surface area (Å²) in [6.45, 7) is 3.91. The Hall–Kier alpha value is -1.37. The fourth-order valence-corrected chi connectivity index (χ4v) is 1.28. The highest BCUT2D eigenvalue weighted by molar-refractivity contribution is 5.23. The van der Waals surface area contributed by atoms with Gasteiger partial charge in [0.05, 0.1) is 5.36 Å². The van der Waals surface area contributed by atoms with Crippen LogP contribution in [-0.2, 0) is 6.42 Å². The Morgan fingerprint density at radius 1 is 1.36 bits per heavy atom. The van der Waals surface area contributed by atoms with Crippen LogP contribution in [0.2, 0.25) is 0 Å². The second kappa shape index (κ2) is 2.35. The molecular formula is C10H9N. The minimum Gasteiger partial charge on any atom is -0.256 e. The Kier molecular flexibility index (Phi) is 1.35. The lowest BCUT2D eigenvalue weighted by atomic mass is 10.1. The molecular weight excluding hydrogens is 134 g/mol. The van der Waals surface area contributed by atoms with Gasteiger partial charge < -0.3 is 0 Å². The maximum atomic E-state index is 4.25. The summed E-state index contributed by atoms with van der Waals surface area (Å²) in [5.74, 6) is 0. The van der Waals surface area contributed by atoms with Gasteiger partial charge in [-0.1, -0.05) is 30.9 Å². The summed E-state index contributed by atoms with van der Waals surface area (Å²) in [5.41, 5.74) is 1.28. The normalized spacial score (nSPS) is 13.8. The molecule has 0 amide bonds. The van der Waals surface area contributed by atoms with Gasteiger partial charge in [-0.05, 0) is 17.2 Å². The molecule has 1 nitrogen and oxygen atoms in total. The van der Waals surface area contributed by atoms with Crippen molar-refractivity contribution in [3.05, 3.63) is 46.6 Å². The van der Waals surface area contributed by atoms with E-state index in [1.807, 2.05) is 18.3 Å². The second-order valence-electron chi connectivity index (χ2n) is 2.64. The molecule has 1 aliphatic rings. The Bertz CT molecular complexity index is 401. The molecule has 0 aliphatic carbocycles. The van der Waals surface area contributed by atoms with Crippen molar-refractivity contribution in [3.63, 3.8) is 0 Å². The van der Waals surface area contributed by atoms with Crippen molar-refractivity contribution in [3.8, 4) is 0 Å². The molecule has 1 aliphatic heterocycles. The van der Waals surface area contributed by atoms with Crippen LogP contribution >= 0.6 is 0 Å². The summed E-state index contributed by atoms with van der Waals surface area (Å²) in [6.07, 6.45) is 4.89. The molecule has 54 valence electrons. The minimum atomic E-state index is 0.988. The summed E-state index contributed by atoms with van der Waals surface area (Å²) < 4.78 is 0. The molecule has 2 rings (SSSR count). The number of hydrogen-bond acceptors (Lipinski definition) is 1. The Balaban J connectivity index is 2.88. The topological polar surface area (TPSA) is 12.4 Å². The van der Waals surface area contributed by atoms with Gasteiger partial charge in [-0.15, -0.1) is 0 Å². The largest absolute Gasteiger partial charge is 0.256 e. The third-order valence-electron chi connectivity index (χ3n) is 1.85. The molecule has 0 unspecified atom stereocenters. The first-order chi connectivity index (χ1) is 5.38. The van der Waals surface area contributed by atoms with Crippen LogP contribution in [0.1, 0.15) is 5.56 Å². The first kappa shape index (κ1) is 6.35. The fraction of sp³-hybridized carbons (Fsp3) is 0.100. The van der Waals surface area contributed by atoms with Crippen LogP contribution in [0, 0.1) is 0 Å². The average molecular weight is 143 g/mol. The van der Waals surface area contributed by atoms with Crippen LogP contribution in [0.3, 0.4) is 0 Å². The van der Waals surface area contributed by atoms with Crippen LogP contribution in [0.25, 0.3) is 6.58 Å². The second-order valence-corrected chi connectivity index (χ2v) is 2.64. The Morgan fingerprint density at radius 2 is 2.27 bits per heavy atom. The summed E-state index contributed by atoms with van der Waals surface area (Å²) in [6, 6.07) is 6.11. The molecule has 0 radical (unpaired) electrons. The number of para-hydroxylation sites is 1. The van der Waals surface area contributed by atoms with Crippen molar-refractivity contribution in [2.75, 3.05) is 0 Å². The monoisotopic (exact) mass is 143 g/mol. The van der Waals surface area contributed by atoms with Gasteiger partial charge in [0.15, 0.2) is 0 Å². The molecule has 0 aromatic heterocycles. The first-order valence-electron chi connectivity index (χ1n) is 3.67. The van der Waals surface area contributed by atoms with Crippen molar-refractivity contribution in [2.45, 2.75) is 6.42 Å². The zero-order valence-electron chi connectivity index (χ0n) is 6.25. The third kappa shape index (κ3) is 0.984. The zero-order chi connectivity index (χ0) is 7.68. The first-order valence-corrected chi connectivity index (χ1v) is 3.67. The van der Waals surface area contributed by atoms with Crippen molar-refractivity contribution in [1.82, 2.24) is 0 Å². The molecule has 0 fully saturated rings. The molecule has 0 spiro atoms.